The first kappa shape index (κ1) is 20.0. The van der Waals surface area contributed by atoms with E-state index < -0.39 is 19.0 Å². The van der Waals surface area contributed by atoms with Crippen LogP contribution in [0.4, 0.5) is 0 Å². The van der Waals surface area contributed by atoms with Crippen LogP contribution in [0, 0.1) is 5.92 Å². The Bertz CT molecular complexity index is 775. The molecule has 1 aliphatic heterocycles. The van der Waals surface area contributed by atoms with E-state index in [0.29, 0.717) is 18.4 Å². The number of amides is 1. The Hall–Kier alpha value is -2.75. The number of nitrogens with zero attached hydrogens (tertiary/aromatic N) is 1. The van der Waals surface area contributed by atoms with Crippen molar-refractivity contribution in [2.75, 3.05) is 0 Å². The molecule has 7 N–H and O–H groups in total. The second-order valence-electron chi connectivity index (χ2n) is 7.42. The van der Waals surface area contributed by atoms with Crippen LogP contribution in [0.15, 0.2) is 23.2 Å². The third-order valence-corrected chi connectivity index (χ3v) is 5.32. The number of benzene rings is 1. The second kappa shape index (κ2) is 8.51. The number of guanidine groups is 1. The zero-order chi connectivity index (χ0) is 20.3. The Morgan fingerprint density at radius 2 is 1.96 bits per heavy atom. The van der Waals surface area contributed by atoms with Gasteiger partial charge in [0.1, 0.15) is 5.75 Å². The van der Waals surface area contributed by atoms with Crippen molar-refractivity contribution in [3.05, 3.63) is 29.3 Å². The summed E-state index contributed by atoms with van der Waals surface area (Å²) in [5.41, 5.74) is 11.5. The van der Waals surface area contributed by atoms with Gasteiger partial charge in [-0.25, -0.2) is 4.79 Å². The summed E-state index contributed by atoms with van der Waals surface area (Å²) in [6, 6.07) is 4.90. The number of carboxylic acid groups (broad SMARTS) is 1. The lowest BCUT2D eigenvalue weighted by Gasteiger charge is -2.30. The highest BCUT2D eigenvalue weighted by atomic mass is 16.5. The van der Waals surface area contributed by atoms with Gasteiger partial charge in [-0.1, -0.05) is 12.1 Å². The Labute approximate surface area is 163 Å². The van der Waals surface area contributed by atoms with Crippen molar-refractivity contribution in [2.45, 2.75) is 50.5 Å². The molecule has 0 saturated heterocycles. The summed E-state index contributed by atoms with van der Waals surface area (Å²) in [5.74, 6) is -1.40. The fourth-order valence-electron chi connectivity index (χ4n) is 3.93. The monoisotopic (exact) mass is 388 g/mol. The number of rotatable bonds is 5. The molecule has 0 radical (unpaired) electrons. The third kappa shape index (κ3) is 4.75. The van der Waals surface area contributed by atoms with Gasteiger partial charge >= 0.3 is 13.1 Å². The van der Waals surface area contributed by atoms with Crippen molar-refractivity contribution in [3.8, 4) is 5.75 Å². The first-order valence-corrected chi connectivity index (χ1v) is 9.41. The Morgan fingerprint density at radius 1 is 1.25 bits per heavy atom. The molecule has 1 saturated carbocycles. The molecule has 1 fully saturated rings. The lowest BCUT2D eigenvalue weighted by atomic mass is 9.72. The van der Waals surface area contributed by atoms with Crippen molar-refractivity contribution >= 4 is 25.0 Å². The maximum atomic E-state index is 12.4. The summed E-state index contributed by atoms with van der Waals surface area (Å²) in [7, 11) is -1.30. The molecule has 9 nitrogen and oxygen atoms in total. The molecule has 28 heavy (non-hydrogen) atoms. The average Bonchev–Trinajstić information content (AvgIpc) is 2.63. The van der Waals surface area contributed by atoms with E-state index in [4.69, 9.17) is 16.1 Å². The topological polar surface area (TPSA) is 160 Å². The molecule has 0 spiro atoms. The predicted octanol–water partition coefficient (Wildman–Crippen LogP) is 0.0465. The van der Waals surface area contributed by atoms with Crippen LogP contribution in [0.1, 0.15) is 48.0 Å². The Balaban J connectivity index is 1.55. The maximum Gasteiger partial charge on any atom is 0.547 e. The van der Waals surface area contributed by atoms with E-state index in [1.807, 2.05) is 0 Å². The van der Waals surface area contributed by atoms with Crippen molar-refractivity contribution in [3.63, 3.8) is 0 Å². The summed E-state index contributed by atoms with van der Waals surface area (Å²) in [6.07, 6.45) is 4.08. The SMILES string of the molecule is NC(N)=NC1CCC(CC(=O)N[C@H]2Cc3cccc(C(=O)O)c3OB2O)CC1. The quantitative estimate of drug-likeness (QED) is 0.270. The minimum absolute atomic E-state index is 0.00105. The average molecular weight is 388 g/mol. The zero-order valence-corrected chi connectivity index (χ0v) is 15.5. The molecule has 3 rings (SSSR count). The minimum Gasteiger partial charge on any atom is -0.534 e. The first-order valence-electron chi connectivity index (χ1n) is 9.41. The van der Waals surface area contributed by atoms with Gasteiger partial charge in [0.2, 0.25) is 5.91 Å². The van der Waals surface area contributed by atoms with E-state index in [-0.39, 0.29) is 35.1 Å². The van der Waals surface area contributed by atoms with Gasteiger partial charge in [-0.3, -0.25) is 9.79 Å². The van der Waals surface area contributed by atoms with Crippen LogP contribution >= 0.6 is 0 Å². The van der Waals surface area contributed by atoms with Gasteiger partial charge in [0.05, 0.1) is 17.5 Å². The van der Waals surface area contributed by atoms with Gasteiger partial charge in [-0.05, 0) is 49.7 Å². The van der Waals surface area contributed by atoms with Crippen LogP contribution in [0.3, 0.4) is 0 Å². The molecule has 0 aromatic heterocycles. The summed E-state index contributed by atoms with van der Waals surface area (Å²) < 4.78 is 5.40. The molecule has 1 atom stereocenters. The molecular formula is C18H25BN4O5. The van der Waals surface area contributed by atoms with Gasteiger partial charge in [0, 0.05) is 6.42 Å². The van der Waals surface area contributed by atoms with Crippen molar-refractivity contribution in [2.24, 2.45) is 22.4 Å². The number of aromatic carboxylic acids is 1. The van der Waals surface area contributed by atoms with Crippen molar-refractivity contribution < 1.29 is 24.4 Å². The number of hydrogen-bond acceptors (Lipinski definition) is 5. The summed E-state index contributed by atoms with van der Waals surface area (Å²) >= 11 is 0. The van der Waals surface area contributed by atoms with E-state index in [0.717, 1.165) is 25.7 Å². The molecule has 150 valence electrons. The third-order valence-electron chi connectivity index (χ3n) is 5.32. The summed E-state index contributed by atoms with van der Waals surface area (Å²) in [5, 5.41) is 22.3. The molecule has 1 aromatic rings. The van der Waals surface area contributed by atoms with Gasteiger partial charge in [-0.2, -0.15) is 0 Å². The molecule has 1 amide bonds. The van der Waals surface area contributed by atoms with Crippen LogP contribution in [-0.2, 0) is 11.2 Å². The smallest absolute Gasteiger partial charge is 0.534 e. The van der Waals surface area contributed by atoms with Crippen LogP contribution < -0.4 is 21.4 Å². The van der Waals surface area contributed by atoms with E-state index in [1.165, 1.54) is 6.07 Å². The largest absolute Gasteiger partial charge is 0.547 e. The molecule has 0 bridgehead atoms. The highest BCUT2D eigenvalue weighted by Crippen LogP contribution is 2.31. The van der Waals surface area contributed by atoms with E-state index in [2.05, 4.69) is 10.3 Å². The first-order chi connectivity index (χ1) is 13.3. The van der Waals surface area contributed by atoms with Crippen LogP contribution in [-0.4, -0.2) is 47.1 Å². The lowest BCUT2D eigenvalue weighted by Crippen LogP contribution is -2.53. The number of aliphatic imine (C=N–C) groups is 1. The summed E-state index contributed by atoms with van der Waals surface area (Å²) in [6.45, 7) is 0. The number of hydrogen-bond donors (Lipinski definition) is 5. The molecular weight excluding hydrogens is 363 g/mol. The minimum atomic E-state index is -1.30. The van der Waals surface area contributed by atoms with Gasteiger partial charge in [0.15, 0.2) is 5.96 Å². The maximum absolute atomic E-state index is 12.4. The zero-order valence-electron chi connectivity index (χ0n) is 15.5. The van der Waals surface area contributed by atoms with Crippen LogP contribution in [0.25, 0.3) is 0 Å². The molecule has 1 aromatic carbocycles. The fraction of sp³-hybridized carbons (Fsp3) is 0.500. The second-order valence-corrected chi connectivity index (χ2v) is 7.42. The predicted molar refractivity (Wildman–Crippen MR) is 104 cm³/mol. The lowest BCUT2D eigenvalue weighted by molar-refractivity contribution is -0.122. The Kier molecular flexibility index (Phi) is 6.08. The highest BCUT2D eigenvalue weighted by Gasteiger charge is 2.38. The molecule has 10 heteroatoms. The summed E-state index contributed by atoms with van der Waals surface area (Å²) in [4.78, 5) is 27.9. The van der Waals surface area contributed by atoms with Crippen LogP contribution in [0.5, 0.6) is 5.75 Å². The highest BCUT2D eigenvalue weighted by molar-refractivity contribution is 6.47. The van der Waals surface area contributed by atoms with Gasteiger partial charge in [-0.15, -0.1) is 0 Å². The molecule has 0 unspecified atom stereocenters. The number of carboxylic acids is 1. The number of fused-ring (bicyclic) bond motifs is 1. The Morgan fingerprint density at radius 3 is 2.61 bits per heavy atom. The normalized spacial score (nSPS) is 23.9. The van der Waals surface area contributed by atoms with Crippen LogP contribution in [0.2, 0.25) is 0 Å². The van der Waals surface area contributed by atoms with Gasteiger partial charge < -0.3 is 31.6 Å². The van der Waals surface area contributed by atoms with E-state index in [1.54, 1.807) is 12.1 Å². The number of carbonyl (C=O) groups excluding carboxylic acids is 1. The van der Waals surface area contributed by atoms with E-state index in [9.17, 15) is 19.7 Å². The van der Waals surface area contributed by atoms with E-state index >= 15 is 0 Å². The number of nitrogens with two attached hydrogens (primary N) is 2. The standard InChI is InChI=1S/C18H25BN4O5/c20-18(21)22-12-6-4-10(5-7-12)8-15(24)23-14-9-11-2-1-3-13(17(25)26)16(11)28-19(14)27/h1-3,10,12,14,27H,4-9H2,(H,23,24)(H,25,26)(H4,20,21,22)/t10?,12?,14-/m0/s1. The van der Waals surface area contributed by atoms with Gasteiger partial charge in [0.25, 0.3) is 0 Å². The molecule has 1 aliphatic carbocycles. The number of para-hydroxylation sites is 1. The number of nitrogens with one attached hydrogen (secondary N) is 1. The van der Waals surface area contributed by atoms with Crippen molar-refractivity contribution in [1.29, 1.82) is 0 Å². The molecule has 1 heterocycles. The number of carbonyl (C=O) groups is 2. The molecule has 2 aliphatic rings. The fourth-order valence-corrected chi connectivity index (χ4v) is 3.93. The van der Waals surface area contributed by atoms with Crippen molar-refractivity contribution in [1.82, 2.24) is 5.32 Å².